The van der Waals surface area contributed by atoms with Gasteiger partial charge < -0.3 is 24.2 Å². The van der Waals surface area contributed by atoms with Crippen LogP contribution in [-0.4, -0.2) is 42.5 Å². The largest absolute Gasteiger partial charge is 0.507 e. The van der Waals surface area contributed by atoms with Crippen LogP contribution in [0.2, 0.25) is 0 Å². The molecule has 35 heavy (non-hydrogen) atoms. The van der Waals surface area contributed by atoms with Crippen molar-refractivity contribution in [3.05, 3.63) is 81.1 Å². The quantitative estimate of drug-likeness (QED) is 0.305. The summed E-state index contributed by atoms with van der Waals surface area (Å²) in [5, 5.41) is 13.3. The monoisotopic (exact) mass is 491 g/mol. The molecule has 1 aromatic heterocycles. The van der Waals surface area contributed by atoms with E-state index in [1.807, 2.05) is 23.6 Å². The number of aryl methyl sites for hydroxylation is 1. The average Bonchev–Trinajstić information content (AvgIpc) is 3.50. The van der Waals surface area contributed by atoms with Gasteiger partial charge >= 0.3 is 0 Å². The zero-order valence-electron chi connectivity index (χ0n) is 19.4. The standard InChI is InChI=1S/C27H25NO6S/c1-32-21-10-7-17(14-22(21)33-2)24-23(26(30)27(31)28(24)15-19-6-4-12-35-19)25(29)18-8-9-20-16(13-18)5-3-11-34-20/h4,6-10,12-14,24,29H,3,5,11,15H2,1-2H3/b25-23+. The number of hydrogen-bond acceptors (Lipinski definition) is 7. The van der Waals surface area contributed by atoms with Gasteiger partial charge in [0.15, 0.2) is 11.5 Å². The third-order valence-corrected chi connectivity index (χ3v) is 7.21. The Kier molecular flexibility index (Phi) is 6.21. The lowest BCUT2D eigenvalue weighted by molar-refractivity contribution is -0.140. The lowest BCUT2D eigenvalue weighted by Gasteiger charge is -2.25. The molecule has 3 heterocycles. The molecule has 2 aliphatic rings. The molecule has 1 amide bonds. The average molecular weight is 492 g/mol. The van der Waals surface area contributed by atoms with E-state index in [1.54, 1.807) is 37.4 Å². The number of likely N-dealkylation sites (tertiary alicyclic amines) is 1. The van der Waals surface area contributed by atoms with Crippen LogP contribution < -0.4 is 14.2 Å². The van der Waals surface area contributed by atoms with E-state index in [-0.39, 0.29) is 17.9 Å². The molecule has 5 rings (SSSR count). The molecule has 1 atom stereocenters. The zero-order valence-corrected chi connectivity index (χ0v) is 20.3. The van der Waals surface area contributed by atoms with Gasteiger partial charge in [0.2, 0.25) is 0 Å². The number of amides is 1. The van der Waals surface area contributed by atoms with Crippen LogP contribution >= 0.6 is 11.3 Å². The second-order valence-electron chi connectivity index (χ2n) is 8.40. The van der Waals surface area contributed by atoms with E-state index in [4.69, 9.17) is 14.2 Å². The van der Waals surface area contributed by atoms with Gasteiger partial charge in [0.05, 0.1) is 39.0 Å². The molecule has 1 N–H and O–H groups in total. The topological polar surface area (TPSA) is 85.3 Å². The van der Waals surface area contributed by atoms with E-state index in [1.165, 1.54) is 23.3 Å². The minimum atomic E-state index is -0.788. The summed E-state index contributed by atoms with van der Waals surface area (Å²) in [5.74, 6) is 0.209. The van der Waals surface area contributed by atoms with Gasteiger partial charge in [-0.25, -0.2) is 0 Å². The Balaban J connectivity index is 1.65. The molecule has 8 heteroatoms. The molecule has 0 spiro atoms. The maximum absolute atomic E-state index is 13.3. The van der Waals surface area contributed by atoms with E-state index in [9.17, 15) is 14.7 Å². The number of benzene rings is 2. The summed E-state index contributed by atoms with van der Waals surface area (Å²) in [6.07, 6.45) is 1.70. The van der Waals surface area contributed by atoms with Crippen molar-refractivity contribution in [1.82, 2.24) is 4.90 Å². The number of carbonyl (C=O) groups is 2. The van der Waals surface area contributed by atoms with Gasteiger partial charge in [0.25, 0.3) is 11.7 Å². The van der Waals surface area contributed by atoms with Crippen LogP contribution in [-0.2, 0) is 22.6 Å². The van der Waals surface area contributed by atoms with Crippen LogP contribution in [0.3, 0.4) is 0 Å². The van der Waals surface area contributed by atoms with Gasteiger partial charge in [-0.2, -0.15) is 0 Å². The molecule has 2 aliphatic heterocycles. The molecule has 7 nitrogen and oxygen atoms in total. The van der Waals surface area contributed by atoms with Gasteiger partial charge in [0.1, 0.15) is 11.5 Å². The number of aliphatic hydroxyl groups is 1. The third kappa shape index (κ3) is 4.14. The van der Waals surface area contributed by atoms with Gasteiger partial charge in [-0.15, -0.1) is 11.3 Å². The Morgan fingerprint density at radius 2 is 1.94 bits per heavy atom. The number of aliphatic hydroxyl groups excluding tert-OH is 1. The van der Waals surface area contributed by atoms with Crippen molar-refractivity contribution in [2.24, 2.45) is 0 Å². The van der Waals surface area contributed by atoms with Crippen molar-refractivity contribution < 1.29 is 28.9 Å². The second-order valence-corrected chi connectivity index (χ2v) is 9.43. The van der Waals surface area contributed by atoms with E-state index in [0.29, 0.717) is 29.2 Å². The Morgan fingerprint density at radius 1 is 1.11 bits per heavy atom. The molecule has 3 aromatic rings. The molecule has 2 aromatic carbocycles. The normalized spacial score (nSPS) is 18.8. The Morgan fingerprint density at radius 3 is 2.69 bits per heavy atom. The van der Waals surface area contributed by atoms with Gasteiger partial charge in [-0.1, -0.05) is 12.1 Å². The summed E-state index contributed by atoms with van der Waals surface area (Å²) < 4.78 is 16.5. The molecule has 0 saturated carbocycles. The lowest BCUT2D eigenvalue weighted by Crippen LogP contribution is -2.28. The fourth-order valence-corrected chi connectivity index (χ4v) is 5.35. The first-order valence-electron chi connectivity index (χ1n) is 11.3. The lowest BCUT2D eigenvalue weighted by atomic mass is 9.93. The second kappa shape index (κ2) is 9.46. The van der Waals surface area contributed by atoms with E-state index in [0.717, 1.165) is 29.0 Å². The molecule has 1 fully saturated rings. The Labute approximate surface area is 207 Å². The molecule has 1 unspecified atom stereocenters. The first kappa shape index (κ1) is 23.0. The highest BCUT2D eigenvalue weighted by Crippen LogP contribution is 2.43. The summed E-state index contributed by atoms with van der Waals surface area (Å²) in [5.41, 5.74) is 2.14. The highest BCUT2D eigenvalue weighted by Gasteiger charge is 2.46. The maximum atomic E-state index is 13.3. The van der Waals surface area contributed by atoms with Crippen LogP contribution in [0.1, 0.15) is 34.0 Å². The van der Waals surface area contributed by atoms with Crippen molar-refractivity contribution >= 4 is 28.8 Å². The van der Waals surface area contributed by atoms with E-state index < -0.39 is 17.7 Å². The highest BCUT2D eigenvalue weighted by molar-refractivity contribution is 7.09. The summed E-state index contributed by atoms with van der Waals surface area (Å²) >= 11 is 1.50. The third-order valence-electron chi connectivity index (χ3n) is 6.35. The van der Waals surface area contributed by atoms with Crippen molar-refractivity contribution in [3.8, 4) is 17.2 Å². The smallest absolute Gasteiger partial charge is 0.295 e. The number of ketones is 1. The van der Waals surface area contributed by atoms with Crippen LogP contribution in [0.5, 0.6) is 17.2 Å². The Hall–Kier alpha value is -3.78. The van der Waals surface area contributed by atoms with Crippen LogP contribution in [0.15, 0.2) is 59.5 Å². The number of fused-ring (bicyclic) bond motifs is 1. The number of rotatable bonds is 6. The number of methoxy groups -OCH3 is 2. The summed E-state index contributed by atoms with van der Waals surface area (Å²) in [6.45, 7) is 0.904. The predicted molar refractivity (Wildman–Crippen MR) is 132 cm³/mol. The number of thiophene rings is 1. The maximum Gasteiger partial charge on any atom is 0.295 e. The molecular weight excluding hydrogens is 466 g/mol. The summed E-state index contributed by atoms with van der Waals surface area (Å²) in [6, 6.07) is 13.6. The SMILES string of the molecule is COc1ccc(C2/C(=C(\O)c3ccc4c(c3)CCCO4)C(=O)C(=O)N2Cc2cccs2)cc1OC. The molecule has 1 saturated heterocycles. The number of ether oxygens (including phenoxy) is 3. The minimum Gasteiger partial charge on any atom is -0.507 e. The predicted octanol–water partition coefficient (Wildman–Crippen LogP) is 4.71. The number of carbonyl (C=O) groups excluding carboxylic acids is 2. The molecule has 0 radical (unpaired) electrons. The van der Waals surface area contributed by atoms with Crippen LogP contribution in [0.4, 0.5) is 0 Å². The van der Waals surface area contributed by atoms with Gasteiger partial charge in [0, 0.05) is 10.4 Å². The molecule has 0 bridgehead atoms. The summed E-state index contributed by atoms with van der Waals surface area (Å²) in [4.78, 5) is 29.0. The van der Waals surface area contributed by atoms with E-state index in [2.05, 4.69) is 0 Å². The molecular formula is C27H25NO6S. The zero-order chi connectivity index (χ0) is 24.5. The fourth-order valence-electron chi connectivity index (χ4n) is 4.65. The van der Waals surface area contributed by atoms with Crippen molar-refractivity contribution in [2.45, 2.75) is 25.4 Å². The van der Waals surface area contributed by atoms with Crippen molar-refractivity contribution in [1.29, 1.82) is 0 Å². The highest BCUT2D eigenvalue weighted by atomic mass is 32.1. The van der Waals surface area contributed by atoms with E-state index >= 15 is 0 Å². The van der Waals surface area contributed by atoms with Gasteiger partial charge in [-0.05, 0) is 65.7 Å². The van der Waals surface area contributed by atoms with Crippen LogP contribution in [0, 0.1) is 0 Å². The minimum absolute atomic E-state index is 0.0513. The number of nitrogens with zero attached hydrogens (tertiary/aromatic N) is 1. The number of hydrogen-bond donors (Lipinski definition) is 1. The van der Waals surface area contributed by atoms with Crippen LogP contribution in [0.25, 0.3) is 5.76 Å². The first-order valence-corrected chi connectivity index (χ1v) is 12.2. The van der Waals surface area contributed by atoms with Crippen molar-refractivity contribution in [3.63, 3.8) is 0 Å². The molecule has 180 valence electrons. The fraction of sp³-hybridized carbons (Fsp3) is 0.259. The first-order chi connectivity index (χ1) is 17.0. The summed E-state index contributed by atoms with van der Waals surface area (Å²) in [7, 11) is 3.07. The molecule has 0 aliphatic carbocycles. The number of Topliss-reactive ketones (excluding diaryl/α,β-unsaturated/α-hetero) is 1. The van der Waals surface area contributed by atoms with Gasteiger partial charge in [-0.3, -0.25) is 9.59 Å². The van der Waals surface area contributed by atoms with Crippen molar-refractivity contribution in [2.75, 3.05) is 20.8 Å². The Bertz CT molecular complexity index is 1310.